The topological polar surface area (TPSA) is 63.4 Å². The molecule has 2 fully saturated rings. The third-order valence-electron chi connectivity index (χ3n) is 3.16. The molecule has 0 unspecified atom stereocenters. The summed E-state index contributed by atoms with van der Waals surface area (Å²) in [5.41, 5.74) is 0. The van der Waals surface area contributed by atoms with Gasteiger partial charge in [-0.05, 0) is 25.7 Å². The van der Waals surface area contributed by atoms with Crippen LogP contribution in [-0.4, -0.2) is 24.8 Å². The van der Waals surface area contributed by atoms with Gasteiger partial charge in [0.25, 0.3) is 10.2 Å². The van der Waals surface area contributed by atoms with Crippen molar-refractivity contribution in [2.24, 2.45) is 5.14 Å². The predicted molar refractivity (Wildman–Crippen MR) is 50.2 cm³/mol. The fourth-order valence-electron chi connectivity index (χ4n) is 2.00. The van der Waals surface area contributed by atoms with E-state index in [1.54, 1.807) is 4.31 Å². The Morgan fingerprint density at radius 3 is 1.54 bits per heavy atom. The standard InChI is InChI=1S/C8H16N2O2S/c9-13(11,12)10(7-3-1-4-7)8-5-2-6-8/h7-8H,1-6H2,(H2,9,11,12). The molecule has 0 aliphatic heterocycles. The van der Waals surface area contributed by atoms with Crippen molar-refractivity contribution in [3.05, 3.63) is 0 Å². The Hall–Kier alpha value is -0.130. The van der Waals surface area contributed by atoms with Gasteiger partial charge in [-0.15, -0.1) is 0 Å². The summed E-state index contributed by atoms with van der Waals surface area (Å²) in [6.07, 6.45) is 6.26. The molecule has 0 bridgehead atoms. The minimum absolute atomic E-state index is 0.209. The first-order valence-corrected chi connectivity index (χ1v) is 6.40. The molecule has 0 aromatic heterocycles. The molecule has 2 aliphatic rings. The van der Waals surface area contributed by atoms with Gasteiger partial charge < -0.3 is 0 Å². The Labute approximate surface area is 79.3 Å². The molecule has 2 rings (SSSR count). The number of hydrogen-bond acceptors (Lipinski definition) is 2. The summed E-state index contributed by atoms with van der Waals surface area (Å²) in [5, 5.41) is 5.20. The van der Waals surface area contributed by atoms with Crippen LogP contribution in [0.2, 0.25) is 0 Å². The molecule has 0 spiro atoms. The molecule has 4 nitrogen and oxygen atoms in total. The van der Waals surface area contributed by atoms with E-state index in [1.807, 2.05) is 0 Å². The van der Waals surface area contributed by atoms with Crippen LogP contribution in [0.3, 0.4) is 0 Å². The summed E-state index contributed by atoms with van der Waals surface area (Å²) in [5.74, 6) is 0. The third kappa shape index (κ3) is 1.73. The molecule has 0 saturated heterocycles. The highest BCUT2D eigenvalue weighted by atomic mass is 32.2. The maximum Gasteiger partial charge on any atom is 0.277 e. The Morgan fingerprint density at radius 2 is 1.38 bits per heavy atom. The van der Waals surface area contributed by atoms with Crippen molar-refractivity contribution in [3.63, 3.8) is 0 Å². The molecule has 13 heavy (non-hydrogen) atoms. The van der Waals surface area contributed by atoms with Gasteiger partial charge in [0.2, 0.25) is 0 Å². The third-order valence-corrected chi connectivity index (χ3v) is 4.35. The molecular weight excluding hydrogens is 188 g/mol. The summed E-state index contributed by atoms with van der Waals surface area (Å²) in [6.45, 7) is 0. The van der Waals surface area contributed by atoms with E-state index in [2.05, 4.69) is 0 Å². The van der Waals surface area contributed by atoms with Crippen molar-refractivity contribution < 1.29 is 8.42 Å². The number of hydrogen-bond donors (Lipinski definition) is 1. The van der Waals surface area contributed by atoms with Crippen molar-refractivity contribution in [1.29, 1.82) is 0 Å². The van der Waals surface area contributed by atoms with E-state index in [0.717, 1.165) is 38.5 Å². The van der Waals surface area contributed by atoms with Gasteiger partial charge in [-0.1, -0.05) is 12.8 Å². The van der Waals surface area contributed by atoms with Crippen LogP contribution in [0.25, 0.3) is 0 Å². The smallest absolute Gasteiger partial charge is 0.216 e. The van der Waals surface area contributed by atoms with Crippen LogP contribution in [0.15, 0.2) is 0 Å². The highest BCUT2D eigenvalue weighted by Crippen LogP contribution is 2.34. The van der Waals surface area contributed by atoms with E-state index in [0.29, 0.717) is 0 Å². The molecule has 0 atom stereocenters. The summed E-state index contributed by atoms with van der Waals surface area (Å²) in [6, 6.07) is 0.417. The summed E-state index contributed by atoms with van der Waals surface area (Å²) in [4.78, 5) is 0. The number of nitrogens with zero attached hydrogens (tertiary/aromatic N) is 1. The summed E-state index contributed by atoms with van der Waals surface area (Å²) < 4.78 is 24.2. The lowest BCUT2D eigenvalue weighted by molar-refractivity contribution is 0.124. The number of nitrogens with two attached hydrogens (primary N) is 1. The quantitative estimate of drug-likeness (QED) is 0.731. The molecule has 0 radical (unpaired) electrons. The summed E-state index contributed by atoms with van der Waals surface area (Å²) >= 11 is 0. The van der Waals surface area contributed by atoms with E-state index in [1.165, 1.54) is 0 Å². The van der Waals surface area contributed by atoms with Crippen molar-refractivity contribution in [3.8, 4) is 0 Å². The normalized spacial score (nSPS) is 25.7. The molecule has 0 aromatic carbocycles. The second-order valence-electron chi connectivity index (χ2n) is 4.04. The van der Waals surface area contributed by atoms with Crippen LogP contribution in [0.5, 0.6) is 0 Å². The highest BCUT2D eigenvalue weighted by Gasteiger charge is 2.39. The van der Waals surface area contributed by atoms with Gasteiger partial charge in [0.05, 0.1) is 0 Å². The van der Waals surface area contributed by atoms with Gasteiger partial charge in [0.1, 0.15) is 0 Å². The Morgan fingerprint density at radius 1 is 1.00 bits per heavy atom. The van der Waals surface area contributed by atoms with E-state index in [9.17, 15) is 8.42 Å². The van der Waals surface area contributed by atoms with Crippen LogP contribution in [0.4, 0.5) is 0 Å². The average Bonchev–Trinajstić information content (AvgIpc) is 1.75. The van der Waals surface area contributed by atoms with Gasteiger partial charge in [-0.2, -0.15) is 12.7 Å². The molecule has 5 heteroatoms. The van der Waals surface area contributed by atoms with Crippen molar-refractivity contribution in [2.75, 3.05) is 0 Å². The minimum Gasteiger partial charge on any atom is -0.216 e. The molecule has 2 aliphatic carbocycles. The van der Waals surface area contributed by atoms with Gasteiger partial charge in [-0.25, -0.2) is 5.14 Å². The first-order valence-electron chi connectivity index (χ1n) is 4.90. The monoisotopic (exact) mass is 204 g/mol. The fraction of sp³-hybridized carbons (Fsp3) is 1.00. The SMILES string of the molecule is NS(=O)(=O)N(C1CCC1)C1CCC1. The lowest BCUT2D eigenvalue weighted by Gasteiger charge is -2.43. The number of rotatable bonds is 3. The second kappa shape index (κ2) is 3.22. The minimum atomic E-state index is -3.45. The van der Waals surface area contributed by atoms with E-state index in [-0.39, 0.29) is 12.1 Å². The maximum atomic E-state index is 11.3. The zero-order valence-corrected chi connectivity index (χ0v) is 8.46. The van der Waals surface area contributed by atoms with E-state index >= 15 is 0 Å². The van der Waals surface area contributed by atoms with Gasteiger partial charge in [-0.3, -0.25) is 0 Å². The Bertz CT molecular complexity index is 267. The zero-order valence-electron chi connectivity index (χ0n) is 7.65. The van der Waals surface area contributed by atoms with Crippen molar-refractivity contribution in [2.45, 2.75) is 50.6 Å². The molecule has 0 heterocycles. The van der Waals surface area contributed by atoms with Crippen LogP contribution in [0, 0.1) is 0 Å². The van der Waals surface area contributed by atoms with E-state index < -0.39 is 10.2 Å². The molecule has 2 N–H and O–H groups in total. The molecule has 76 valence electrons. The fourth-order valence-corrected chi connectivity index (χ4v) is 3.25. The first kappa shape index (κ1) is 9.43. The highest BCUT2D eigenvalue weighted by molar-refractivity contribution is 7.86. The van der Waals surface area contributed by atoms with E-state index in [4.69, 9.17) is 5.14 Å². The molecular formula is C8H16N2O2S. The van der Waals surface area contributed by atoms with Gasteiger partial charge in [0.15, 0.2) is 0 Å². The lowest BCUT2D eigenvalue weighted by atomic mass is 9.87. The largest absolute Gasteiger partial charge is 0.277 e. The predicted octanol–water partition coefficient (Wildman–Crippen LogP) is 0.597. The lowest BCUT2D eigenvalue weighted by Crippen LogP contribution is -2.54. The van der Waals surface area contributed by atoms with Gasteiger partial charge >= 0.3 is 0 Å². The summed E-state index contributed by atoms with van der Waals surface area (Å²) in [7, 11) is -3.45. The Kier molecular flexibility index (Phi) is 2.33. The first-order chi connectivity index (χ1) is 6.09. The average molecular weight is 204 g/mol. The zero-order chi connectivity index (χ0) is 9.47. The van der Waals surface area contributed by atoms with Crippen molar-refractivity contribution in [1.82, 2.24) is 4.31 Å². The van der Waals surface area contributed by atoms with Crippen molar-refractivity contribution >= 4 is 10.2 Å². The molecule has 2 saturated carbocycles. The van der Waals surface area contributed by atoms with Crippen LogP contribution in [0.1, 0.15) is 38.5 Å². The molecule has 0 amide bonds. The van der Waals surface area contributed by atoms with Crippen LogP contribution in [-0.2, 0) is 10.2 Å². The van der Waals surface area contributed by atoms with Gasteiger partial charge in [0, 0.05) is 12.1 Å². The second-order valence-corrected chi connectivity index (χ2v) is 5.50. The molecule has 0 aromatic rings. The van der Waals surface area contributed by atoms with Crippen LogP contribution >= 0.6 is 0 Å². The Balaban J connectivity index is 2.10. The van der Waals surface area contributed by atoms with Crippen LogP contribution < -0.4 is 5.14 Å². The maximum absolute atomic E-state index is 11.3.